The minimum Gasteiger partial charge on any atom is -0.370 e. The first kappa shape index (κ1) is 28.2. The summed E-state index contributed by atoms with van der Waals surface area (Å²) in [6.45, 7) is 2.52. The Hall–Kier alpha value is -4.58. The van der Waals surface area contributed by atoms with Gasteiger partial charge >= 0.3 is 0 Å². The maximum atomic E-state index is 13.4. The van der Waals surface area contributed by atoms with Crippen LogP contribution in [0.2, 0.25) is 0 Å². The van der Waals surface area contributed by atoms with Crippen molar-refractivity contribution < 1.29 is 24.0 Å². The first-order valence-corrected chi connectivity index (χ1v) is 15.3. The number of benzene rings is 1. The second kappa shape index (κ2) is 11.2. The van der Waals surface area contributed by atoms with Gasteiger partial charge in [0.15, 0.2) is 0 Å². The number of fused-ring (bicyclic) bond motifs is 2. The summed E-state index contributed by atoms with van der Waals surface area (Å²) in [6.07, 6.45) is 6.29. The second-order valence-corrected chi connectivity index (χ2v) is 12.4. The first-order chi connectivity index (χ1) is 21.3. The minimum absolute atomic E-state index is 0.0751. The Balaban J connectivity index is 0.911. The molecular formula is C32H35N7O5. The van der Waals surface area contributed by atoms with E-state index in [1.165, 1.54) is 12.1 Å². The van der Waals surface area contributed by atoms with Crippen LogP contribution in [0.15, 0.2) is 36.5 Å². The number of pyridine rings is 1. The minimum atomic E-state index is -0.986. The molecule has 0 saturated carbocycles. The lowest BCUT2D eigenvalue weighted by Gasteiger charge is -2.42. The Kier molecular flexibility index (Phi) is 7.16. The summed E-state index contributed by atoms with van der Waals surface area (Å²) in [5.74, 6) is -1.20. The van der Waals surface area contributed by atoms with Gasteiger partial charge in [-0.3, -0.25) is 39.1 Å². The van der Waals surface area contributed by atoms with Crippen LogP contribution >= 0.6 is 0 Å². The number of nitrogens with zero attached hydrogens (tertiary/aromatic N) is 4. The maximum Gasteiger partial charge on any atom is 0.264 e. The molecule has 0 aliphatic carbocycles. The van der Waals surface area contributed by atoms with Gasteiger partial charge in [0.05, 0.1) is 22.3 Å². The third-order valence-electron chi connectivity index (χ3n) is 9.43. The molecule has 1 unspecified atom stereocenters. The van der Waals surface area contributed by atoms with Gasteiger partial charge in [-0.2, -0.15) is 0 Å². The maximum absolute atomic E-state index is 13.4. The van der Waals surface area contributed by atoms with E-state index in [0.29, 0.717) is 48.5 Å². The van der Waals surface area contributed by atoms with Crippen LogP contribution in [-0.4, -0.2) is 82.0 Å². The van der Waals surface area contributed by atoms with Crippen molar-refractivity contribution in [3.63, 3.8) is 0 Å². The van der Waals surface area contributed by atoms with Crippen LogP contribution in [0.5, 0.6) is 0 Å². The van der Waals surface area contributed by atoms with Crippen LogP contribution in [0.3, 0.4) is 0 Å². The van der Waals surface area contributed by atoms with Gasteiger partial charge in [-0.15, -0.1) is 0 Å². The van der Waals surface area contributed by atoms with Gasteiger partial charge in [-0.25, -0.2) is 4.98 Å². The highest BCUT2D eigenvalue weighted by Gasteiger charge is 2.46. The van der Waals surface area contributed by atoms with E-state index in [0.717, 1.165) is 41.6 Å². The number of carbonyl (C=O) groups is 5. The highest BCUT2D eigenvalue weighted by Crippen LogP contribution is 2.38. The fourth-order valence-corrected chi connectivity index (χ4v) is 7.07. The molecule has 2 atom stereocenters. The second-order valence-electron chi connectivity index (χ2n) is 12.4. The summed E-state index contributed by atoms with van der Waals surface area (Å²) in [7, 11) is 2.14. The molecular weight excluding hydrogens is 562 g/mol. The van der Waals surface area contributed by atoms with Crippen LogP contribution in [0.4, 0.5) is 11.5 Å². The van der Waals surface area contributed by atoms with Crippen molar-refractivity contribution in [2.24, 2.45) is 5.92 Å². The van der Waals surface area contributed by atoms with Gasteiger partial charge in [0, 0.05) is 55.3 Å². The third-order valence-corrected chi connectivity index (χ3v) is 9.43. The number of amides is 5. The SMILES string of the molecule is CN1CCC[C@@H]1c1cc2cnc(NC(=O)CCCC3CN(c4cccc5c4C(=O)N(C4CCC(=O)NC4=O)C5=O)C3)cc2[nH]1. The molecule has 3 aromatic rings. The fraction of sp³-hybridized carbons (Fsp3) is 0.438. The largest absolute Gasteiger partial charge is 0.370 e. The smallest absolute Gasteiger partial charge is 0.264 e. The van der Waals surface area contributed by atoms with Crippen molar-refractivity contribution in [2.45, 2.75) is 57.0 Å². The topological polar surface area (TPSA) is 148 Å². The molecule has 6 heterocycles. The number of hydrogen-bond acceptors (Lipinski definition) is 8. The van der Waals surface area contributed by atoms with E-state index >= 15 is 0 Å². The number of anilines is 2. The zero-order chi connectivity index (χ0) is 30.5. The predicted molar refractivity (Wildman–Crippen MR) is 162 cm³/mol. The molecule has 5 amide bonds. The molecule has 4 aliphatic heterocycles. The molecule has 3 fully saturated rings. The highest BCUT2D eigenvalue weighted by molar-refractivity contribution is 6.25. The lowest BCUT2D eigenvalue weighted by Crippen LogP contribution is -2.54. The lowest BCUT2D eigenvalue weighted by atomic mass is 9.92. The van der Waals surface area contributed by atoms with E-state index in [2.05, 4.69) is 43.5 Å². The number of likely N-dealkylation sites (tertiary alicyclic amines) is 1. The molecule has 228 valence electrons. The van der Waals surface area contributed by atoms with Crippen LogP contribution in [0.1, 0.15) is 77.4 Å². The normalized spacial score (nSPS) is 22.5. The predicted octanol–water partition coefficient (Wildman–Crippen LogP) is 2.98. The van der Waals surface area contributed by atoms with E-state index in [1.54, 1.807) is 18.3 Å². The standard InChI is InChI=1S/C32H35N7O5/c1-37-12-4-8-23(37)22-13-19-15-33-26(14-21(19)34-22)35-27(40)9-2-5-18-16-38(17-18)24-7-3-6-20-29(24)32(44)39(31(20)43)25-10-11-28(41)36-30(25)42/h3,6-7,13-15,18,23,25,34H,2,4-5,8-12,16-17H2,1H3,(H,33,35,40)(H,36,41,42)/t23-,25?/m1/s1. The number of hydrogen-bond donors (Lipinski definition) is 3. The number of aromatic amines is 1. The van der Waals surface area contributed by atoms with E-state index < -0.39 is 29.7 Å². The molecule has 7 rings (SSSR count). The first-order valence-electron chi connectivity index (χ1n) is 15.3. The molecule has 44 heavy (non-hydrogen) atoms. The van der Waals surface area contributed by atoms with Gasteiger partial charge in [0.25, 0.3) is 11.8 Å². The Morgan fingerprint density at radius 3 is 2.68 bits per heavy atom. The summed E-state index contributed by atoms with van der Waals surface area (Å²) < 4.78 is 0. The molecule has 12 heteroatoms. The summed E-state index contributed by atoms with van der Waals surface area (Å²) in [4.78, 5) is 76.5. The number of carbonyl (C=O) groups excluding carboxylic acids is 5. The monoisotopic (exact) mass is 597 g/mol. The molecule has 2 aromatic heterocycles. The zero-order valence-electron chi connectivity index (χ0n) is 24.6. The Morgan fingerprint density at radius 2 is 1.91 bits per heavy atom. The van der Waals surface area contributed by atoms with Crippen LogP contribution < -0.4 is 15.5 Å². The van der Waals surface area contributed by atoms with Crippen LogP contribution in [0.25, 0.3) is 10.9 Å². The van der Waals surface area contributed by atoms with E-state index in [9.17, 15) is 24.0 Å². The van der Waals surface area contributed by atoms with Crippen molar-refractivity contribution in [1.82, 2.24) is 25.1 Å². The van der Waals surface area contributed by atoms with Crippen molar-refractivity contribution in [1.29, 1.82) is 0 Å². The average Bonchev–Trinajstić information content (AvgIpc) is 3.66. The Morgan fingerprint density at radius 1 is 1.07 bits per heavy atom. The summed E-state index contributed by atoms with van der Waals surface area (Å²) in [5.41, 5.74) is 3.42. The summed E-state index contributed by atoms with van der Waals surface area (Å²) >= 11 is 0. The Labute approximate surface area is 254 Å². The molecule has 3 saturated heterocycles. The van der Waals surface area contributed by atoms with Gasteiger partial charge < -0.3 is 15.2 Å². The number of imide groups is 2. The van der Waals surface area contributed by atoms with Crippen molar-refractivity contribution in [3.05, 3.63) is 53.3 Å². The third kappa shape index (κ3) is 5.02. The van der Waals surface area contributed by atoms with Crippen molar-refractivity contribution in [2.75, 3.05) is 36.9 Å². The van der Waals surface area contributed by atoms with Crippen LogP contribution in [-0.2, 0) is 14.4 Å². The highest BCUT2D eigenvalue weighted by atomic mass is 16.2. The van der Waals surface area contributed by atoms with E-state index in [-0.39, 0.29) is 24.3 Å². The Bertz CT molecular complexity index is 1690. The van der Waals surface area contributed by atoms with Crippen molar-refractivity contribution in [3.8, 4) is 0 Å². The van der Waals surface area contributed by atoms with Gasteiger partial charge in [0.2, 0.25) is 17.7 Å². The molecule has 0 radical (unpaired) electrons. The van der Waals surface area contributed by atoms with Gasteiger partial charge in [0.1, 0.15) is 11.9 Å². The van der Waals surface area contributed by atoms with Crippen LogP contribution in [0, 0.1) is 5.92 Å². The quantitative estimate of drug-likeness (QED) is 0.336. The van der Waals surface area contributed by atoms with E-state index in [1.807, 2.05) is 12.1 Å². The number of nitrogens with one attached hydrogen (secondary N) is 3. The van der Waals surface area contributed by atoms with Gasteiger partial charge in [-0.05, 0) is 69.8 Å². The molecule has 3 N–H and O–H groups in total. The number of aromatic nitrogens is 2. The van der Waals surface area contributed by atoms with E-state index in [4.69, 9.17) is 0 Å². The zero-order valence-corrected chi connectivity index (χ0v) is 24.6. The van der Waals surface area contributed by atoms with Crippen molar-refractivity contribution >= 4 is 51.9 Å². The molecule has 1 aromatic carbocycles. The number of H-pyrrole nitrogens is 1. The molecule has 12 nitrogen and oxygen atoms in total. The molecule has 0 spiro atoms. The fourth-order valence-electron chi connectivity index (χ4n) is 7.07. The summed E-state index contributed by atoms with van der Waals surface area (Å²) in [6, 6.07) is 8.62. The molecule has 4 aliphatic rings. The average molecular weight is 598 g/mol. The van der Waals surface area contributed by atoms with Gasteiger partial charge in [-0.1, -0.05) is 6.07 Å². The lowest BCUT2D eigenvalue weighted by molar-refractivity contribution is -0.136. The number of piperidine rings is 1. The summed E-state index contributed by atoms with van der Waals surface area (Å²) in [5, 5.41) is 6.19. The number of rotatable bonds is 8. The molecule has 0 bridgehead atoms.